The molecule has 0 aliphatic carbocycles. The van der Waals surface area contributed by atoms with Gasteiger partial charge in [0.15, 0.2) is 0 Å². The Hall–Kier alpha value is -3.94. The van der Waals surface area contributed by atoms with Crippen molar-refractivity contribution in [2.24, 2.45) is 5.41 Å². The molecule has 0 spiro atoms. The monoisotopic (exact) mass is 574 g/mol. The molecule has 0 atom stereocenters. The summed E-state index contributed by atoms with van der Waals surface area (Å²) in [5, 5.41) is 10.8. The zero-order chi connectivity index (χ0) is 27.9. The fourth-order valence-corrected chi connectivity index (χ4v) is 3.41. The maximum absolute atomic E-state index is 13.7. The van der Waals surface area contributed by atoms with E-state index in [4.69, 9.17) is 4.74 Å². The minimum Gasteiger partial charge on any atom is -1.00 e. The highest BCUT2D eigenvalue weighted by molar-refractivity contribution is 5.75. The van der Waals surface area contributed by atoms with Crippen LogP contribution in [0.5, 0.6) is 0 Å². The van der Waals surface area contributed by atoms with Gasteiger partial charge in [-0.15, -0.1) is 10.2 Å². The number of anilines is 2. The van der Waals surface area contributed by atoms with E-state index in [1.54, 1.807) is 20.8 Å². The maximum Gasteiger partial charge on any atom is 0.418 e. The van der Waals surface area contributed by atoms with Crippen LogP contribution in [0.15, 0.2) is 54.9 Å². The molecule has 0 bridgehead atoms. The number of rotatable bonds is 5. The molecule has 3 aromatic heterocycles. The molecule has 4 aromatic rings. The van der Waals surface area contributed by atoms with Gasteiger partial charge >= 0.3 is 25.1 Å². The number of esters is 1. The number of aromatic nitrogens is 5. The largest absolute Gasteiger partial charge is 1.00 e. The smallest absolute Gasteiger partial charge is 0.418 e. The number of carbonyl (C=O) groups is 1. The van der Waals surface area contributed by atoms with E-state index in [1.165, 1.54) is 39.8 Å². The molecule has 0 radical (unpaired) electrons. The number of carbonyl (C=O) groups excluding carboxylic acids is 1. The first-order valence-electron chi connectivity index (χ1n) is 11.1. The van der Waals surface area contributed by atoms with Crippen LogP contribution in [0.1, 0.15) is 31.9 Å². The Morgan fingerprint density at radius 2 is 1.67 bits per heavy atom. The molecule has 0 amide bonds. The SMILES string of the molecule is CC(C)(C)C(=O)OC[n+]1cc(-c2ncccc2C(F)(F)F)cc2nnc(Nc3ccc(C(F)(F)F)cc3)n21.[Cl-]. The standard InChI is InChI=1S/C24H20F6N6O2.ClH/c1-22(2,3)20(37)38-13-35-12-14(19-17(24(28,29)30)5-4-10-31-19)11-18-33-34-21(36(18)35)32-16-8-6-15(7-9-16)23(25,26)27;/h4-12H,13H2,1-3H3;1H. The highest BCUT2D eigenvalue weighted by Crippen LogP contribution is 2.36. The van der Waals surface area contributed by atoms with Crippen LogP contribution in [-0.2, 0) is 28.6 Å². The van der Waals surface area contributed by atoms with Crippen LogP contribution in [0.3, 0.4) is 0 Å². The molecule has 3 heterocycles. The molecule has 0 aliphatic heterocycles. The van der Waals surface area contributed by atoms with E-state index >= 15 is 0 Å². The van der Waals surface area contributed by atoms with Crippen molar-refractivity contribution in [1.29, 1.82) is 0 Å². The predicted octanol–water partition coefficient (Wildman–Crippen LogP) is 2.41. The number of ether oxygens (including phenoxy) is 1. The summed E-state index contributed by atoms with van der Waals surface area (Å²) < 4.78 is 87.6. The Labute approximate surface area is 224 Å². The van der Waals surface area contributed by atoms with Crippen LogP contribution in [-0.4, -0.2) is 25.7 Å². The van der Waals surface area contributed by atoms with Crippen molar-refractivity contribution in [2.45, 2.75) is 39.9 Å². The van der Waals surface area contributed by atoms with Gasteiger partial charge in [-0.1, -0.05) is 9.20 Å². The minimum absolute atomic E-state index is 0. The van der Waals surface area contributed by atoms with Gasteiger partial charge < -0.3 is 22.5 Å². The summed E-state index contributed by atoms with van der Waals surface area (Å²) in [6.07, 6.45) is -6.72. The quantitative estimate of drug-likeness (QED) is 0.224. The fourth-order valence-electron chi connectivity index (χ4n) is 3.41. The van der Waals surface area contributed by atoms with Crippen molar-refractivity contribution in [3.63, 3.8) is 0 Å². The summed E-state index contributed by atoms with van der Waals surface area (Å²) >= 11 is 0. The van der Waals surface area contributed by atoms with Gasteiger partial charge in [-0.2, -0.15) is 26.3 Å². The summed E-state index contributed by atoms with van der Waals surface area (Å²) in [5.41, 5.74) is -2.76. The second-order valence-corrected chi connectivity index (χ2v) is 9.27. The Morgan fingerprint density at radius 3 is 2.26 bits per heavy atom. The number of benzene rings is 1. The molecule has 0 fully saturated rings. The molecule has 1 aromatic carbocycles. The van der Waals surface area contributed by atoms with Crippen molar-refractivity contribution in [2.75, 3.05) is 5.32 Å². The molecule has 208 valence electrons. The van der Waals surface area contributed by atoms with Crippen LogP contribution in [0.25, 0.3) is 16.9 Å². The zero-order valence-corrected chi connectivity index (χ0v) is 21.4. The molecule has 39 heavy (non-hydrogen) atoms. The van der Waals surface area contributed by atoms with Crippen LogP contribution in [0.2, 0.25) is 0 Å². The molecule has 0 aliphatic rings. The zero-order valence-electron chi connectivity index (χ0n) is 20.6. The number of hydrogen-bond donors (Lipinski definition) is 1. The van der Waals surface area contributed by atoms with Crippen molar-refractivity contribution in [3.8, 4) is 11.3 Å². The normalized spacial score (nSPS) is 12.2. The molecular formula is C24H21ClF6N6O2. The van der Waals surface area contributed by atoms with E-state index in [2.05, 4.69) is 20.5 Å². The molecule has 0 saturated heterocycles. The van der Waals surface area contributed by atoms with Gasteiger partial charge in [0.2, 0.25) is 11.8 Å². The number of nitrogens with zero attached hydrogens (tertiary/aromatic N) is 5. The highest BCUT2D eigenvalue weighted by atomic mass is 35.5. The van der Waals surface area contributed by atoms with Crippen molar-refractivity contribution >= 4 is 23.3 Å². The number of halogens is 7. The lowest BCUT2D eigenvalue weighted by atomic mass is 9.98. The third-order valence-corrected chi connectivity index (χ3v) is 5.29. The predicted molar refractivity (Wildman–Crippen MR) is 122 cm³/mol. The van der Waals surface area contributed by atoms with E-state index in [0.29, 0.717) is 0 Å². The third kappa shape index (κ3) is 6.56. The highest BCUT2D eigenvalue weighted by Gasteiger charge is 2.36. The van der Waals surface area contributed by atoms with Gasteiger partial charge in [0.05, 0.1) is 27.8 Å². The van der Waals surface area contributed by atoms with Gasteiger partial charge in [-0.3, -0.25) is 9.78 Å². The molecule has 0 saturated carbocycles. The second kappa shape index (κ2) is 10.7. The Balaban J connectivity index is 0.00000420. The van der Waals surface area contributed by atoms with Crippen LogP contribution >= 0.6 is 0 Å². The van der Waals surface area contributed by atoms with Crippen LogP contribution in [0, 0.1) is 5.41 Å². The van der Waals surface area contributed by atoms with Crippen LogP contribution < -0.4 is 22.4 Å². The second-order valence-electron chi connectivity index (χ2n) is 9.27. The van der Waals surface area contributed by atoms with E-state index in [9.17, 15) is 31.1 Å². The lowest BCUT2D eigenvalue weighted by Gasteiger charge is -2.15. The van der Waals surface area contributed by atoms with E-state index < -0.39 is 41.6 Å². The average Bonchev–Trinajstić information content (AvgIpc) is 3.23. The van der Waals surface area contributed by atoms with Gasteiger partial charge in [0.25, 0.3) is 5.95 Å². The minimum atomic E-state index is -4.69. The topological polar surface area (TPSA) is 85.3 Å². The van der Waals surface area contributed by atoms with Crippen LogP contribution in [0.4, 0.5) is 38.0 Å². The summed E-state index contributed by atoms with van der Waals surface area (Å²) in [6, 6.07) is 7.48. The third-order valence-electron chi connectivity index (χ3n) is 5.29. The Bertz CT molecular complexity index is 1480. The van der Waals surface area contributed by atoms with Crippen molar-refractivity contribution in [1.82, 2.24) is 19.7 Å². The average molecular weight is 575 g/mol. The molecule has 1 N–H and O–H groups in total. The molecule has 0 unspecified atom stereocenters. The molecule has 8 nitrogen and oxygen atoms in total. The van der Waals surface area contributed by atoms with E-state index in [0.717, 1.165) is 24.3 Å². The molecule has 4 rings (SSSR count). The van der Waals surface area contributed by atoms with E-state index in [1.807, 2.05) is 0 Å². The summed E-state index contributed by atoms with van der Waals surface area (Å²) in [7, 11) is 0. The first kappa shape index (κ1) is 29.6. The summed E-state index contributed by atoms with van der Waals surface area (Å²) in [5.74, 6) is -0.571. The van der Waals surface area contributed by atoms with Crippen molar-refractivity contribution in [3.05, 3.63) is 66.0 Å². The summed E-state index contributed by atoms with van der Waals surface area (Å²) in [6.45, 7) is 4.46. The first-order valence-corrected chi connectivity index (χ1v) is 11.1. The summed E-state index contributed by atoms with van der Waals surface area (Å²) in [4.78, 5) is 16.3. The van der Waals surface area contributed by atoms with Gasteiger partial charge in [0, 0.05) is 18.0 Å². The molecule has 15 heteroatoms. The number of alkyl halides is 6. The number of hydrogen-bond acceptors (Lipinski definition) is 6. The van der Waals surface area contributed by atoms with Gasteiger partial charge in [-0.05, 0) is 57.2 Å². The molecular weight excluding hydrogens is 554 g/mol. The number of nitrogens with one attached hydrogen (secondary N) is 1. The number of pyridine rings is 1. The van der Waals surface area contributed by atoms with E-state index in [-0.39, 0.29) is 40.9 Å². The first-order chi connectivity index (χ1) is 17.6. The van der Waals surface area contributed by atoms with Crippen molar-refractivity contribution < 1.29 is 53.0 Å². The Morgan fingerprint density at radius 1 is 1.00 bits per heavy atom. The Kier molecular flexibility index (Phi) is 8.10. The van der Waals surface area contributed by atoms with Gasteiger partial charge in [-0.25, -0.2) is 0 Å². The lowest BCUT2D eigenvalue weighted by Crippen LogP contribution is -3.00. The number of fused-ring (bicyclic) bond motifs is 1. The maximum atomic E-state index is 13.7. The fraction of sp³-hybridized carbons (Fsp3) is 0.292. The lowest BCUT2D eigenvalue weighted by molar-refractivity contribution is -0.788. The van der Waals surface area contributed by atoms with Gasteiger partial charge in [0.1, 0.15) is 0 Å².